The molecule has 0 aliphatic heterocycles. The van der Waals surface area contributed by atoms with Gasteiger partial charge in [-0.05, 0) is 56.5 Å². The van der Waals surface area contributed by atoms with Crippen molar-refractivity contribution in [2.24, 2.45) is 0 Å². The summed E-state index contributed by atoms with van der Waals surface area (Å²) >= 11 is 0. The molecule has 0 aliphatic rings. The lowest BCUT2D eigenvalue weighted by atomic mass is 9.96. The first-order valence-electron chi connectivity index (χ1n) is 7.80. The molecule has 5 heteroatoms. The molecule has 0 saturated carbocycles. The van der Waals surface area contributed by atoms with Crippen LogP contribution in [0, 0.1) is 26.6 Å². The second kappa shape index (κ2) is 7.01. The van der Waals surface area contributed by atoms with Gasteiger partial charge in [0, 0.05) is 5.69 Å². The van der Waals surface area contributed by atoms with Crippen molar-refractivity contribution in [3.8, 4) is 0 Å². The fourth-order valence-corrected chi connectivity index (χ4v) is 2.70. The van der Waals surface area contributed by atoms with Crippen LogP contribution in [0.3, 0.4) is 0 Å². The maximum atomic E-state index is 13.0. The fourth-order valence-electron chi connectivity index (χ4n) is 2.70. The van der Waals surface area contributed by atoms with Crippen LogP contribution in [-0.4, -0.2) is 17.7 Å². The van der Waals surface area contributed by atoms with Gasteiger partial charge in [-0.15, -0.1) is 0 Å². The molecule has 4 nitrogen and oxygen atoms in total. The van der Waals surface area contributed by atoms with Gasteiger partial charge in [0.2, 0.25) is 0 Å². The second-order valence-corrected chi connectivity index (χ2v) is 6.36. The van der Waals surface area contributed by atoms with E-state index in [4.69, 9.17) is 0 Å². The number of hydrogen-bond acceptors (Lipinski definition) is 2. The van der Waals surface area contributed by atoms with Crippen molar-refractivity contribution >= 4 is 11.7 Å². The number of nitrogens with one attached hydrogen (secondary N) is 2. The number of carbonyl (C=O) groups excluding carboxylic acids is 1. The zero-order chi connectivity index (χ0) is 17.9. The van der Waals surface area contributed by atoms with Crippen LogP contribution in [0.2, 0.25) is 0 Å². The summed E-state index contributed by atoms with van der Waals surface area (Å²) in [5.41, 5.74) is 3.10. The molecule has 2 rings (SSSR count). The maximum absolute atomic E-state index is 13.0. The summed E-state index contributed by atoms with van der Waals surface area (Å²) in [6.45, 7) is 7.45. The lowest BCUT2D eigenvalue weighted by Gasteiger charge is -2.24. The monoisotopic (exact) mass is 330 g/mol. The van der Waals surface area contributed by atoms with E-state index in [-0.39, 0.29) is 12.4 Å². The lowest BCUT2D eigenvalue weighted by Crippen LogP contribution is -2.40. The van der Waals surface area contributed by atoms with E-state index in [1.807, 2.05) is 32.9 Å². The van der Waals surface area contributed by atoms with E-state index in [0.29, 0.717) is 5.56 Å². The van der Waals surface area contributed by atoms with Crippen molar-refractivity contribution in [2.75, 3.05) is 11.9 Å². The molecular formula is C19H23FN2O2. The Balaban J connectivity index is 2.01. The third kappa shape index (κ3) is 4.32. The molecule has 2 amide bonds. The van der Waals surface area contributed by atoms with Crippen LogP contribution in [0.5, 0.6) is 0 Å². The molecule has 24 heavy (non-hydrogen) atoms. The molecule has 0 aromatic heterocycles. The molecule has 0 radical (unpaired) electrons. The van der Waals surface area contributed by atoms with E-state index in [0.717, 1.165) is 22.4 Å². The van der Waals surface area contributed by atoms with Crippen LogP contribution >= 0.6 is 0 Å². The number of aliphatic hydroxyl groups is 1. The molecule has 3 N–H and O–H groups in total. The number of amides is 2. The van der Waals surface area contributed by atoms with Crippen LogP contribution in [0.4, 0.5) is 14.9 Å². The summed E-state index contributed by atoms with van der Waals surface area (Å²) in [4.78, 5) is 12.1. The highest BCUT2D eigenvalue weighted by Crippen LogP contribution is 2.22. The summed E-state index contributed by atoms with van der Waals surface area (Å²) in [6, 6.07) is 9.17. The van der Waals surface area contributed by atoms with Gasteiger partial charge in [-0.25, -0.2) is 9.18 Å². The quantitative estimate of drug-likeness (QED) is 0.799. The summed E-state index contributed by atoms with van der Waals surface area (Å²) in [5.74, 6) is -0.370. The van der Waals surface area contributed by atoms with E-state index in [1.54, 1.807) is 6.92 Å². The van der Waals surface area contributed by atoms with Gasteiger partial charge in [-0.1, -0.05) is 29.8 Å². The van der Waals surface area contributed by atoms with Gasteiger partial charge in [0.05, 0.1) is 6.54 Å². The number of urea groups is 1. The van der Waals surface area contributed by atoms with Gasteiger partial charge >= 0.3 is 6.03 Å². The standard InChI is InChI=1S/C19H23FN2O2/c1-12-9-13(2)17(14(3)10-12)22-18(23)21-11-19(4,24)15-5-7-16(20)8-6-15/h5-10,24H,11H2,1-4H3,(H2,21,22,23). The molecular weight excluding hydrogens is 307 g/mol. The number of rotatable bonds is 4. The Labute approximate surface area is 141 Å². The SMILES string of the molecule is Cc1cc(C)c(NC(=O)NCC(C)(O)c2ccc(F)cc2)c(C)c1. The van der Waals surface area contributed by atoms with Gasteiger partial charge in [0.1, 0.15) is 11.4 Å². The topological polar surface area (TPSA) is 61.4 Å². The van der Waals surface area contributed by atoms with E-state index in [2.05, 4.69) is 10.6 Å². The molecule has 0 aliphatic carbocycles. The van der Waals surface area contributed by atoms with Gasteiger partial charge in [-0.2, -0.15) is 0 Å². The average Bonchev–Trinajstić information content (AvgIpc) is 2.49. The summed E-state index contributed by atoms with van der Waals surface area (Å²) in [7, 11) is 0. The van der Waals surface area contributed by atoms with Crippen LogP contribution in [-0.2, 0) is 5.60 Å². The van der Waals surface area contributed by atoms with Gasteiger partial charge in [-0.3, -0.25) is 0 Å². The molecule has 128 valence electrons. The van der Waals surface area contributed by atoms with Crippen molar-refractivity contribution in [3.63, 3.8) is 0 Å². The third-order valence-corrected chi connectivity index (χ3v) is 3.97. The maximum Gasteiger partial charge on any atom is 0.319 e. The second-order valence-electron chi connectivity index (χ2n) is 6.36. The number of aryl methyl sites for hydroxylation is 3. The molecule has 0 saturated heterocycles. The number of halogens is 1. The van der Waals surface area contributed by atoms with Crippen LogP contribution in [0.25, 0.3) is 0 Å². The fraction of sp³-hybridized carbons (Fsp3) is 0.316. The zero-order valence-electron chi connectivity index (χ0n) is 14.4. The molecule has 1 atom stereocenters. The summed E-state index contributed by atoms with van der Waals surface area (Å²) in [6.07, 6.45) is 0. The summed E-state index contributed by atoms with van der Waals surface area (Å²) in [5, 5.41) is 15.9. The highest BCUT2D eigenvalue weighted by atomic mass is 19.1. The normalized spacial score (nSPS) is 13.2. The molecule has 2 aromatic carbocycles. The largest absolute Gasteiger partial charge is 0.384 e. The predicted molar refractivity (Wildman–Crippen MR) is 93.6 cm³/mol. The Bertz CT molecular complexity index is 717. The van der Waals surface area contributed by atoms with Crippen molar-refractivity contribution in [2.45, 2.75) is 33.3 Å². The number of hydrogen-bond donors (Lipinski definition) is 3. The highest BCUT2D eigenvalue weighted by molar-refractivity contribution is 5.91. The molecule has 0 heterocycles. The number of carbonyl (C=O) groups is 1. The van der Waals surface area contributed by atoms with Crippen molar-refractivity contribution in [3.05, 3.63) is 64.5 Å². The molecule has 2 aromatic rings. The average molecular weight is 330 g/mol. The smallest absolute Gasteiger partial charge is 0.319 e. The van der Waals surface area contributed by atoms with Crippen molar-refractivity contribution < 1.29 is 14.3 Å². The first-order valence-corrected chi connectivity index (χ1v) is 7.80. The minimum absolute atomic E-state index is 0.00836. The van der Waals surface area contributed by atoms with E-state index in [1.165, 1.54) is 24.3 Å². The van der Waals surface area contributed by atoms with E-state index in [9.17, 15) is 14.3 Å². The Morgan fingerprint density at radius 3 is 2.21 bits per heavy atom. The third-order valence-electron chi connectivity index (χ3n) is 3.97. The Morgan fingerprint density at radius 1 is 1.12 bits per heavy atom. The van der Waals surface area contributed by atoms with Gasteiger partial charge < -0.3 is 15.7 Å². The van der Waals surface area contributed by atoms with E-state index < -0.39 is 11.6 Å². The van der Waals surface area contributed by atoms with Crippen LogP contribution in [0.1, 0.15) is 29.2 Å². The first-order chi connectivity index (χ1) is 11.2. The van der Waals surface area contributed by atoms with Crippen LogP contribution < -0.4 is 10.6 Å². The Kier molecular flexibility index (Phi) is 5.24. The van der Waals surface area contributed by atoms with Gasteiger partial charge in [0.15, 0.2) is 0 Å². The van der Waals surface area contributed by atoms with E-state index >= 15 is 0 Å². The lowest BCUT2D eigenvalue weighted by molar-refractivity contribution is 0.0599. The molecule has 0 fully saturated rings. The minimum Gasteiger partial charge on any atom is -0.384 e. The molecule has 0 bridgehead atoms. The number of anilines is 1. The van der Waals surface area contributed by atoms with Crippen molar-refractivity contribution in [1.82, 2.24) is 5.32 Å². The Hall–Kier alpha value is -2.40. The van der Waals surface area contributed by atoms with Gasteiger partial charge in [0.25, 0.3) is 0 Å². The molecule has 0 spiro atoms. The first kappa shape index (κ1) is 17.9. The Morgan fingerprint density at radius 2 is 1.67 bits per heavy atom. The van der Waals surface area contributed by atoms with Crippen LogP contribution in [0.15, 0.2) is 36.4 Å². The predicted octanol–water partition coefficient (Wildman–Crippen LogP) is 3.78. The summed E-state index contributed by atoms with van der Waals surface area (Å²) < 4.78 is 13.0. The zero-order valence-corrected chi connectivity index (χ0v) is 14.4. The van der Waals surface area contributed by atoms with Crippen molar-refractivity contribution in [1.29, 1.82) is 0 Å². The number of benzene rings is 2. The highest BCUT2D eigenvalue weighted by Gasteiger charge is 2.24. The molecule has 1 unspecified atom stereocenters. The minimum atomic E-state index is -1.29.